The fourth-order valence-corrected chi connectivity index (χ4v) is 3.32. The summed E-state index contributed by atoms with van der Waals surface area (Å²) >= 11 is 0. The molecule has 1 unspecified atom stereocenters. The van der Waals surface area contributed by atoms with Gasteiger partial charge in [0, 0.05) is 38.1 Å². The number of nitrogens with zero attached hydrogens (tertiary/aromatic N) is 2. The third-order valence-corrected chi connectivity index (χ3v) is 4.51. The van der Waals surface area contributed by atoms with E-state index >= 15 is 0 Å². The highest BCUT2D eigenvalue weighted by Gasteiger charge is 2.31. The molecule has 120 valence electrons. The summed E-state index contributed by atoms with van der Waals surface area (Å²) in [6, 6.07) is 0.161. The van der Waals surface area contributed by atoms with Crippen LogP contribution in [0.2, 0.25) is 0 Å². The van der Waals surface area contributed by atoms with Crippen molar-refractivity contribution in [3.8, 4) is 0 Å². The second-order valence-electron chi connectivity index (χ2n) is 6.90. The quantitative estimate of drug-likeness (QED) is 0.848. The van der Waals surface area contributed by atoms with Gasteiger partial charge in [-0.2, -0.15) is 0 Å². The van der Waals surface area contributed by atoms with Crippen LogP contribution < -0.4 is 5.32 Å². The maximum atomic E-state index is 12.6. The Labute approximate surface area is 128 Å². The summed E-state index contributed by atoms with van der Waals surface area (Å²) < 4.78 is 0. The zero-order chi connectivity index (χ0) is 15.4. The summed E-state index contributed by atoms with van der Waals surface area (Å²) in [4.78, 5) is 28.4. The molecule has 0 spiro atoms. The standard InChI is InChI=1S/C16H29N3O2/c1-12(2)17-16(21)18-9-6-14(7-10-18)15(20)19-8-4-5-13(3)11-19/h12-14H,4-11H2,1-3H3,(H,17,21). The van der Waals surface area contributed by atoms with Gasteiger partial charge in [0.1, 0.15) is 0 Å². The first-order chi connectivity index (χ1) is 9.97. The molecule has 2 saturated heterocycles. The molecule has 5 nitrogen and oxygen atoms in total. The Morgan fingerprint density at radius 1 is 1.05 bits per heavy atom. The molecule has 0 radical (unpaired) electrons. The largest absolute Gasteiger partial charge is 0.342 e. The van der Waals surface area contributed by atoms with Crippen molar-refractivity contribution in [2.24, 2.45) is 11.8 Å². The van der Waals surface area contributed by atoms with Crippen LogP contribution in [0.1, 0.15) is 46.5 Å². The lowest BCUT2D eigenvalue weighted by Crippen LogP contribution is -2.49. The second-order valence-corrected chi connectivity index (χ2v) is 6.90. The van der Waals surface area contributed by atoms with Crippen molar-refractivity contribution < 1.29 is 9.59 Å². The zero-order valence-electron chi connectivity index (χ0n) is 13.6. The molecule has 0 aliphatic carbocycles. The minimum absolute atomic E-state index is 0.00231. The van der Waals surface area contributed by atoms with Gasteiger partial charge < -0.3 is 15.1 Å². The van der Waals surface area contributed by atoms with Crippen LogP contribution >= 0.6 is 0 Å². The Morgan fingerprint density at radius 3 is 2.29 bits per heavy atom. The van der Waals surface area contributed by atoms with Crippen LogP contribution in [0.15, 0.2) is 0 Å². The molecule has 1 atom stereocenters. The lowest BCUT2D eigenvalue weighted by Gasteiger charge is -2.37. The number of hydrogen-bond acceptors (Lipinski definition) is 2. The molecule has 0 bridgehead atoms. The highest BCUT2D eigenvalue weighted by atomic mass is 16.2. The van der Waals surface area contributed by atoms with Gasteiger partial charge >= 0.3 is 6.03 Å². The van der Waals surface area contributed by atoms with Crippen LogP contribution in [-0.2, 0) is 4.79 Å². The lowest BCUT2D eigenvalue weighted by atomic mass is 9.93. The van der Waals surface area contributed by atoms with Crippen LogP contribution in [-0.4, -0.2) is 54.0 Å². The number of amides is 3. The van der Waals surface area contributed by atoms with Gasteiger partial charge in [-0.1, -0.05) is 6.92 Å². The average molecular weight is 295 g/mol. The normalized spacial score (nSPS) is 24.3. The minimum atomic E-state index is 0.00231. The van der Waals surface area contributed by atoms with Crippen molar-refractivity contribution in [1.29, 1.82) is 0 Å². The topological polar surface area (TPSA) is 52.7 Å². The Hall–Kier alpha value is -1.26. The van der Waals surface area contributed by atoms with Crippen molar-refractivity contribution in [3.63, 3.8) is 0 Å². The fourth-order valence-electron chi connectivity index (χ4n) is 3.32. The highest BCUT2D eigenvalue weighted by Crippen LogP contribution is 2.23. The number of hydrogen-bond donors (Lipinski definition) is 1. The lowest BCUT2D eigenvalue weighted by molar-refractivity contribution is -0.138. The van der Waals surface area contributed by atoms with E-state index in [9.17, 15) is 9.59 Å². The van der Waals surface area contributed by atoms with Gasteiger partial charge in [-0.15, -0.1) is 0 Å². The number of piperidine rings is 2. The number of carbonyl (C=O) groups excluding carboxylic acids is 2. The zero-order valence-corrected chi connectivity index (χ0v) is 13.6. The molecular weight excluding hydrogens is 266 g/mol. The fraction of sp³-hybridized carbons (Fsp3) is 0.875. The van der Waals surface area contributed by atoms with E-state index in [-0.39, 0.29) is 18.0 Å². The van der Waals surface area contributed by atoms with E-state index in [0.717, 1.165) is 32.4 Å². The molecule has 5 heteroatoms. The third kappa shape index (κ3) is 4.35. The van der Waals surface area contributed by atoms with E-state index in [2.05, 4.69) is 12.2 Å². The minimum Gasteiger partial charge on any atom is -0.342 e. The summed E-state index contributed by atoms with van der Waals surface area (Å²) in [6.07, 6.45) is 3.96. The van der Waals surface area contributed by atoms with E-state index in [4.69, 9.17) is 0 Å². The molecule has 2 heterocycles. The van der Waals surface area contributed by atoms with Gasteiger partial charge in [-0.05, 0) is 45.4 Å². The summed E-state index contributed by atoms with van der Waals surface area (Å²) in [5.74, 6) is 1.04. The van der Waals surface area contributed by atoms with Gasteiger partial charge in [-0.3, -0.25) is 4.79 Å². The molecular formula is C16H29N3O2. The average Bonchev–Trinajstić information content (AvgIpc) is 2.46. The van der Waals surface area contributed by atoms with Gasteiger partial charge in [-0.25, -0.2) is 4.79 Å². The van der Waals surface area contributed by atoms with Crippen LogP contribution in [0.4, 0.5) is 4.79 Å². The SMILES string of the molecule is CC1CCCN(C(=O)C2CCN(C(=O)NC(C)C)CC2)C1. The molecule has 21 heavy (non-hydrogen) atoms. The first kappa shape index (κ1) is 16.1. The summed E-state index contributed by atoms with van der Waals surface area (Å²) in [5.41, 5.74) is 0. The molecule has 3 amide bonds. The molecule has 0 aromatic heterocycles. The molecule has 2 fully saturated rings. The van der Waals surface area contributed by atoms with Crippen LogP contribution in [0, 0.1) is 11.8 Å². The smallest absolute Gasteiger partial charge is 0.317 e. The van der Waals surface area contributed by atoms with Crippen LogP contribution in [0.5, 0.6) is 0 Å². The Balaban J connectivity index is 1.80. The summed E-state index contributed by atoms with van der Waals surface area (Å²) in [7, 11) is 0. The number of likely N-dealkylation sites (tertiary alicyclic amines) is 2. The molecule has 0 aromatic carbocycles. The molecule has 0 saturated carbocycles. The number of carbonyl (C=O) groups is 2. The molecule has 1 N–H and O–H groups in total. The van der Waals surface area contributed by atoms with Crippen molar-refractivity contribution in [3.05, 3.63) is 0 Å². The maximum Gasteiger partial charge on any atom is 0.317 e. The van der Waals surface area contributed by atoms with Crippen LogP contribution in [0.25, 0.3) is 0 Å². The Kier molecular flexibility index (Phi) is 5.48. The van der Waals surface area contributed by atoms with Gasteiger partial charge in [0.2, 0.25) is 5.91 Å². The van der Waals surface area contributed by atoms with Gasteiger partial charge in [0.15, 0.2) is 0 Å². The van der Waals surface area contributed by atoms with Crippen molar-refractivity contribution in [1.82, 2.24) is 15.1 Å². The summed E-state index contributed by atoms with van der Waals surface area (Å²) in [6.45, 7) is 9.36. The first-order valence-corrected chi connectivity index (χ1v) is 8.31. The van der Waals surface area contributed by atoms with Gasteiger partial charge in [0.25, 0.3) is 0 Å². The maximum absolute atomic E-state index is 12.6. The van der Waals surface area contributed by atoms with Crippen molar-refractivity contribution in [2.45, 2.75) is 52.5 Å². The Bertz CT molecular complexity index is 376. The highest BCUT2D eigenvalue weighted by molar-refractivity contribution is 5.80. The van der Waals surface area contributed by atoms with Gasteiger partial charge in [0.05, 0.1) is 0 Å². The Morgan fingerprint density at radius 2 is 1.71 bits per heavy atom. The number of nitrogens with one attached hydrogen (secondary N) is 1. The van der Waals surface area contributed by atoms with Crippen molar-refractivity contribution >= 4 is 11.9 Å². The number of rotatable bonds is 2. The van der Waals surface area contributed by atoms with Crippen LogP contribution in [0.3, 0.4) is 0 Å². The van der Waals surface area contributed by atoms with E-state index in [0.29, 0.717) is 24.9 Å². The predicted molar refractivity (Wildman–Crippen MR) is 82.9 cm³/mol. The second kappa shape index (κ2) is 7.14. The molecule has 2 rings (SSSR count). The van der Waals surface area contributed by atoms with E-state index in [1.807, 2.05) is 23.6 Å². The predicted octanol–water partition coefficient (Wildman–Crippen LogP) is 2.07. The van der Waals surface area contributed by atoms with Crippen molar-refractivity contribution in [2.75, 3.05) is 26.2 Å². The molecule has 2 aliphatic heterocycles. The first-order valence-electron chi connectivity index (χ1n) is 8.31. The van der Waals surface area contributed by atoms with E-state index < -0.39 is 0 Å². The number of urea groups is 1. The molecule has 0 aromatic rings. The van der Waals surface area contributed by atoms with E-state index in [1.165, 1.54) is 6.42 Å². The summed E-state index contributed by atoms with van der Waals surface area (Å²) in [5, 5.41) is 2.92. The monoisotopic (exact) mass is 295 g/mol. The van der Waals surface area contributed by atoms with E-state index in [1.54, 1.807) is 0 Å². The molecule has 2 aliphatic rings. The third-order valence-electron chi connectivity index (χ3n) is 4.51.